The van der Waals surface area contributed by atoms with Gasteiger partial charge in [0.2, 0.25) is 11.8 Å². The number of amides is 2. The van der Waals surface area contributed by atoms with Crippen molar-refractivity contribution >= 4 is 64.0 Å². The molecule has 0 aliphatic rings. The van der Waals surface area contributed by atoms with Crippen molar-refractivity contribution in [1.29, 1.82) is 5.26 Å². The van der Waals surface area contributed by atoms with E-state index in [1.807, 2.05) is 26.8 Å². The molecule has 0 bridgehead atoms. The van der Waals surface area contributed by atoms with E-state index in [-0.39, 0.29) is 39.7 Å². The highest BCUT2D eigenvalue weighted by Crippen LogP contribution is 2.34. The Bertz CT molecular complexity index is 1430. The van der Waals surface area contributed by atoms with Crippen LogP contribution in [0.5, 0.6) is 5.75 Å². The third-order valence-electron chi connectivity index (χ3n) is 5.36. The number of hydrogen-bond donors (Lipinski definition) is 1. The third-order valence-corrected chi connectivity index (χ3v) is 6.00. The van der Waals surface area contributed by atoms with Gasteiger partial charge in [0, 0.05) is 11.4 Å². The summed E-state index contributed by atoms with van der Waals surface area (Å²) in [6.07, 6.45) is 2.08. The highest BCUT2D eigenvalue weighted by molar-refractivity contribution is 6.31. The number of nitriles is 1. The Labute approximate surface area is 240 Å². The molecule has 204 valence electrons. The molecule has 2 amide bonds. The average molecular weight is 592 g/mol. The van der Waals surface area contributed by atoms with Crippen LogP contribution < -0.4 is 15.0 Å². The van der Waals surface area contributed by atoms with E-state index in [0.717, 1.165) is 4.90 Å². The SMILES string of the molecule is CC(C)(C)CCC(=O)Oc1c(C#N)cccc1N(CC(=O)Nc1cc(Cl)ccc1-n1cc(Cl)nn1)C(=O)CCl. The van der Waals surface area contributed by atoms with Gasteiger partial charge in [-0.05, 0) is 42.2 Å². The van der Waals surface area contributed by atoms with Crippen LogP contribution >= 0.6 is 34.8 Å². The van der Waals surface area contributed by atoms with E-state index >= 15 is 0 Å². The van der Waals surface area contributed by atoms with Crippen molar-refractivity contribution in [2.45, 2.75) is 33.6 Å². The molecule has 0 radical (unpaired) electrons. The van der Waals surface area contributed by atoms with Crippen LogP contribution in [0, 0.1) is 16.7 Å². The molecule has 0 aliphatic carbocycles. The molecule has 2 aromatic carbocycles. The fourth-order valence-electron chi connectivity index (χ4n) is 3.46. The molecule has 1 aromatic heterocycles. The van der Waals surface area contributed by atoms with Crippen LogP contribution in [-0.2, 0) is 14.4 Å². The number of carbonyl (C=O) groups excluding carboxylic acids is 3. The van der Waals surface area contributed by atoms with Gasteiger partial charge in [-0.15, -0.1) is 16.7 Å². The molecule has 1 heterocycles. The molecule has 0 spiro atoms. The first kappa shape index (κ1) is 29.9. The van der Waals surface area contributed by atoms with Gasteiger partial charge < -0.3 is 10.1 Å². The number of carbonyl (C=O) groups is 3. The van der Waals surface area contributed by atoms with Gasteiger partial charge in [-0.25, -0.2) is 4.68 Å². The smallest absolute Gasteiger partial charge is 0.311 e. The molecule has 3 rings (SSSR count). The van der Waals surface area contributed by atoms with Crippen LogP contribution in [0.25, 0.3) is 5.69 Å². The van der Waals surface area contributed by atoms with E-state index in [9.17, 15) is 19.6 Å². The van der Waals surface area contributed by atoms with Gasteiger partial charge >= 0.3 is 5.97 Å². The molecule has 0 atom stereocenters. The van der Waals surface area contributed by atoms with Gasteiger partial charge in [-0.1, -0.05) is 55.3 Å². The van der Waals surface area contributed by atoms with E-state index in [4.69, 9.17) is 39.5 Å². The molecule has 1 N–H and O–H groups in total. The highest BCUT2D eigenvalue weighted by atomic mass is 35.5. The lowest BCUT2D eigenvalue weighted by atomic mass is 9.91. The van der Waals surface area contributed by atoms with Gasteiger partial charge in [0.25, 0.3) is 0 Å². The zero-order valence-corrected chi connectivity index (χ0v) is 23.6. The molecule has 0 saturated carbocycles. The summed E-state index contributed by atoms with van der Waals surface area (Å²) in [4.78, 5) is 39.7. The number of para-hydroxylation sites is 1. The maximum Gasteiger partial charge on any atom is 0.311 e. The van der Waals surface area contributed by atoms with E-state index in [1.54, 1.807) is 12.1 Å². The number of esters is 1. The van der Waals surface area contributed by atoms with Crippen LogP contribution in [-0.4, -0.2) is 45.2 Å². The Kier molecular flexibility index (Phi) is 9.92. The van der Waals surface area contributed by atoms with Crippen molar-refractivity contribution in [2.24, 2.45) is 5.41 Å². The summed E-state index contributed by atoms with van der Waals surface area (Å²) in [7, 11) is 0. The molecule has 13 heteroatoms. The minimum atomic E-state index is -0.650. The Balaban J connectivity index is 1.92. The number of nitrogens with zero attached hydrogens (tertiary/aromatic N) is 5. The predicted octanol–water partition coefficient (Wildman–Crippen LogP) is 5.39. The summed E-state index contributed by atoms with van der Waals surface area (Å²) < 4.78 is 6.90. The van der Waals surface area contributed by atoms with E-state index in [1.165, 1.54) is 35.1 Å². The second-order valence-electron chi connectivity index (χ2n) is 9.61. The Morgan fingerprint density at radius 2 is 1.92 bits per heavy atom. The Hall–Kier alpha value is -3.65. The summed E-state index contributed by atoms with van der Waals surface area (Å²) in [5.41, 5.74) is 0.638. The fraction of sp³-hybridized carbons (Fsp3) is 0.308. The zero-order valence-electron chi connectivity index (χ0n) is 21.4. The first-order valence-corrected chi connectivity index (χ1v) is 13.0. The molecular formula is C26H25Cl3N6O4. The number of nitrogens with one attached hydrogen (secondary N) is 1. The first-order valence-electron chi connectivity index (χ1n) is 11.7. The van der Waals surface area contributed by atoms with E-state index in [0.29, 0.717) is 17.1 Å². The molecule has 0 aliphatic heterocycles. The predicted molar refractivity (Wildman–Crippen MR) is 149 cm³/mol. The molecule has 39 heavy (non-hydrogen) atoms. The maximum absolute atomic E-state index is 13.2. The van der Waals surface area contributed by atoms with Crippen LogP contribution in [0.1, 0.15) is 39.2 Å². The van der Waals surface area contributed by atoms with Gasteiger partial charge in [-0.3, -0.25) is 19.3 Å². The Morgan fingerprint density at radius 1 is 1.18 bits per heavy atom. The van der Waals surface area contributed by atoms with Crippen molar-refractivity contribution < 1.29 is 19.1 Å². The summed E-state index contributed by atoms with van der Waals surface area (Å²) in [6, 6.07) is 11.1. The van der Waals surface area contributed by atoms with Gasteiger partial charge in [0.15, 0.2) is 10.9 Å². The average Bonchev–Trinajstić information content (AvgIpc) is 3.31. The number of rotatable bonds is 9. The number of halogens is 3. The monoisotopic (exact) mass is 590 g/mol. The quantitative estimate of drug-likeness (QED) is 0.201. The fourth-order valence-corrected chi connectivity index (χ4v) is 3.90. The minimum Gasteiger partial charge on any atom is -0.423 e. The summed E-state index contributed by atoms with van der Waals surface area (Å²) >= 11 is 17.9. The standard InChI is InChI=1S/C26H25Cl3N6O4/c1-26(2,3)10-9-24(38)39-25-16(13-30)5-4-6-20(25)34(23(37)12-27)15-22(36)31-18-11-17(28)7-8-19(18)35-14-21(29)32-33-35/h4-8,11,14H,9-10,12,15H2,1-3H3,(H,31,36). The Morgan fingerprint density at radius 3 is 2.54 bits per heavy atom. The second kappa shape index (κ2) is 12.9. The van der Waals surface area contributed by atoms with Gasteiger partial charge in [-0.2, -0.15) is 5.26 Å². The summed E-state index contributed by atoms with van der Waals surface area (Å²) in [5.74, 6) is -2.46. The largest absolute Gasteiger partial charge is 0.423 e. The van der Waals surface area contributed by atoms with Crippen LogP contribution in [0.15, 0.2) is 42.6 Å². The molecule has 0 saturated heterocycles. The minimum absolute atomic E-state index is 0.0181. The molecule has 10 nitrogen and oxygen atoms in total. The second-order valence-corrected chi connectivity index (χ2v) is 10.7. The van der Waals surface area contributed by atoms with Crippen molar-refractivity contribution in [3.05, 3.63) is 58.3 Å². The normalized spacial score (nSPS) is 11.0. The summed E-state index contributed by atoms with van der Waals surface area (Å²) in [6.45, 7) is 5.43. The summed E-state index contributed by atoms with van der Waals surface area (Å²) in [5, 5.41) is 20.5. The van der Waals surface area contributed by atoms with E-state index in [2.05, 4.69) is 15.6 Å². The topological polar surface area (TPSA) is 130 Å². The number of alkyl halides is 1. The third kappa shape index (κ3) is 8.17. The lowest BCUT2D eigenvalue weighted by Crippen LogP contribution is -2.39. The number of hydrogen-bond acceptors (Lipinski definition) is 7. The lowest BCUT2D eigenvalue weighted by Gasteiger charge is -2.24. The van der Waals surface area contributed by atoms with Crippen molar-refractivity contribution in [2.75, 3.05) is 22.6 Å². The first-order chi connectivity index (χ1) is 18.4. The molecule has 0 unspecified atom stereocenters. The zero-order chi connectivity index (χ0) is 28.7. The highest BCUT2D eigenvalue weighted by Gasteiger charge is 2.26. The molecular weight excluding hydrogens is 567 g/mol. The van der Waals surface area contributed by atoms with Crippen LogP contribution in [0.4, 0.5) is 11.4 Å². The van der Waals surface area contributed by atoms with Crippen LogP contribution in [0.2, 0.25) is 10.2 Å². The number of benzene rings is 2. The van der Waals surface area contributed by atoms with Crippen molar-refractivity contribution in [1.82, 2.24) is 15.0 Å². The van der Waals surface area contributed by atoms with Crippen molar-refractivity contribution in [3.63, 3.8) is 0 Å². The number of ether oxygens (including phenoxy) is 1. The number of aromatic nitrogens is 3. The molecule has 3 aromatic rings. The van der Waals surface area contributed by atoms with Crippen LogP contribution in [0.3, 0.4) is 0 Å². The van der Waals surface area contributed by atoms with Crippen molar-refractivity contribution in [3.8, 4) is 17.5 Å². The van der Waals surface area contributed by atoms with E-state index < -0.39 is 30.2 Å². The van der Waals surface area contributed by atoms with Gasteiger partial charge in [0.05, 0.1) is 28.8 Å². The lowest BCUT2D eigenvalue weighted by molar-refractivity contribution is -0.135. The molecule has 0 fully saturated rings. The maximum atomic E-state index is 13.2. The van der Waals surface area contributed by atoms with Gasteiger partial charge in [0.1, 0.15) is 18.5 Å². The number of anilines is 2.